The van der Waals surface area contributed by atoms with Crippen LogP contribution in [0.4, 0.5) is 0 Å². The number of fused-ring (bicyclic) bond motifs is 1. The summed E-state index contributed by atoms with van der Waals surface area (Å²) in [5.41, 5.74) is 4.85. The van der Waals surface area contributed by atoms with Crippen LogP contribution in [0.25, 0.3) is 11.2 Å². The Morgan fingerprint density at radius 2 is 2.26 bits per heavy atom. The number of nitrogens with zero attached hydrogens (tertiary/aromatic N) is 5. The summed E-state index contributed by atoms with van der Waals surface area (Å²) in [6, 6.07) is 0. The van der Waals surface area contributed by atoms with E-state index in [1.165, 1.54) is 4.88 Å². The fourth-order valence-corrected chi connectivity index (χ4v) is 3.06. The van der Waals surface area contributed by atoms with Gasteiger partial charge in [-0.25, -0.2) is 4.98 Å². The maximum absolute atomic E-state index is 6.02. The van der Waals surface area contributed by atoms with Crippen molar-refractivity contribution in [1.29, 1.82) is 0 Å². The smallest absolute Gasteiger partial charge is 0.159 e. The largest absolute Gasteiger partial charge is 0.307 e. The first kappa shape index (κ1) is 12.6. The number of hydrogen-bond donors (Lipinski definition) is 0. The van der Waals surface area contributed by atoms with Crippen molar-refractivity contribution in [2.75, 3.05) is 0 Å². The predicted octanol–water partition coefficient (Wildman–Crippen LogP) is 2.58. The molecule has 3 rings (SSSR count). The summed E-state index contributed by atoms with van der Waals surface area (Å²) >= 11 is 7.66. The molecule has 0 spiro atoms. The third-order valence-electron chi connectivity index (χ3n) is 3.12. The molecule has 3 aromatic rings. The quantitative estimate of drug-likeness (QED) is 0.695. The summed E-state index contributed by atoms with van der Waals surface area (Å²) in [6.07, 6.45) is 2.75. The van der Waals surface area contributed by atoms with Crippen molar-refractivity contribution in [1.82, 2.24) is 24.3 Å². The highest BCUT2D eigenvalue weighted by Gasteiger charge is 2.18. The van der Waals surface area contributed by atoms with Crippen LogP contribution in [0.1, 0.15) is 23.3 Å². The number of aryl methyl sites for hydroxylation is 2. The average Bonchev–Trinajstić information content (AvgIpc) is 3.09. The second-order valence-electron chi connectivity index (χ2n) is 4.31. The number of halogens is 1. The van der Waals surface area contributed by atoms with Gasteiger partial charge in [0.15, 0.2) is 5.65 Å². The Bertz CT molecular complexity index is 697. The Morgan fingerprint density at radius 1 is 1.42 bits per heavy atom. The molecule has 0 atom stereocenters. The maximum Gasteiger partial charge on any atom is 0.159 e. The van der Waals surface area contributed by atoms with Crippen molar-refractivity contribution in [3.05, 3.63) is 28.1 Å². The van der Waals surface area contributed by atoms with Crippen LogP contribution in [-0.2, 0) is 25.9 Å². The molecule has 19 heavy (non-hydrogen) atoms. The fraction of sp³-hybridized carbons (Fsp3) is 0.417. The highest BCUT2D eigenvalue weighted by Crippen LogP contribution is 2.23. The van der Waals surface area contributed by atoms with E-state index >= 15 is 0 Å². The minimum absolute atomic E-state index is 0.399. The molecule has 0 bridgehead atoms. The molecule has 0 saturated heterocycles. The molecule has 3 aromatic heterocycles. The SMILES string of the molecule is CCc1nn(C)c2c1nc(CCl)n2Cc1cncs1. The number of hydrogen-bond acceptors (Lipinski definition) is 4. The van der Waals surface area contributed by atoms with Crippen LogP contribution in [0.5, 0.6) is 0 Å². The van der Waals surface area contributed by atoms with Gasteiger partial charge in [0.1, 0.15) is 11.3 Å². The van der Waals surface area contributed by atoms with Crippen molar-refractivity contribution in [3.8, 4) is 0 Å². The first-order valence-electron chi connectivity index (χ1n) is 6.09. The van der Waals surface area contributed by atoms with E-state index in [-0.39, 0.29) is 0 Å². The lowest BCUT2D eigenvalue weighted by atomic mass is 10.3. The number of imidazole rings is 1. The second kappa shape index (κ2) is 4.94. The molecular weight excluding hydrogens is 282 g/mol. The van der Waals surface area contributed by atoms with Crippen LogP contribution >= 0.6 is 22.9 Å². The van der Waals surface area contributed by atoms with Crippen LogP contribution in [-0.4, -0.2) is 24.3 Å². The molecule has 5 nitrogen and oxygen atoms in total. The molecule has 3 heterocycles. The molecule has 0 radical (unpaired) electrons. The van der Waals surface area contributed by atoms with E-state index in [9.17, 15) is 0 Å². The van der Waals surface area contributed by atoms with E-state index in [2.05, 4.69) is 26.6 Å². The zero-order chi connectivity index (χ0) is 13.4. The highest BCUT2D eigenvalue weighted by molar-refractivity contribution is 7.09. The molecule has 100 valence electrons. The summed E-state index contributed by atoms with van der Waals surface area (Å²) in [7, 11) is 1.95. The van der Waals surface area contributed by atoms with Gasteiger partial charge in [-0.3, -0.25) is 9.67 Å². The van der Waals surface area contributed by atoms with Gasteiger partial charge in [0.25, 0.3) is 0 Å². The van der Waals surface area contributed by atoms with Crippen molar-refractivity contribution < 1.29 is 0 Å². The molecule has 0 unspecified atom stereocenters. The van der Waals surface area contributed by atoms with Crippen LogP contribution in [0.3, 0.4) is 0 Å². The van der Waals surface area contributed by atoms with Crippen LogP contribution < -0.4 is 0 Å². The monoisotopic (exact) mass is 295 g/mol. The molecule has 0 aromatic carbocycles. The molecule has 0 aliphatic rings. The van der Waals surface area contributed by atoms with Gasteiger partial charge in [0, 0.05) is 18.1 Å². The highest BCUT2D eigenvalue weighted by atomic mass is 35.5. The minimum atomic E-state index is 0.399. The van der Waals surface area contributed by atoms with Gasteiger partial charge < -0.3 is 4.57 Å². The van der Waals surface area contributed by atoms with E-state index in [1.54, 1.807) is 11.3 Å². The lowest BCUT2D eigenvalue weighted by Gasteiger charge is -2.06. The Kier molecular flexibility index (Phi) is 3.28. The van der Waals surface area contributed by atoms with Crippen molar-refractivity contribution >= 4 is 34.1 Å². The minimum Gasteiger partial charge on any atom is -0.307 e. The zero-order valence-electron chi connectivity index (χ0n) is 10.8. The normalized spacial score (nSPS) is 11.5. The van der Waals surface area contributed by atoms with E-state index in [0.29, 0.717) is 5.88 Å². The van der Waals surface area contributed by atoms with Crippen molar-refractivity contribution in [2.24, 2.45) is 7.05 Å². The van der Waals surface area contributed by atoms with Gasteiger partial charge in [-0.15, -0.1) is 22.9 Å². The van der Waals surface area contributed by atoms with Gasteiger partial charge >= 0.3 is 0 Å². The first-order chi connectivity index (χ1) is 9.24. The zero-order valence-corrected chi connectivity index (χ0v) is 12.4. The molecule has 0 amide bonds. The molecule has 0 aliphatic heterocycles. The number of alkyl halides is 1. The van der Waals surface area contributed by atoms with Crippen LogP contribution in [0, 0.1) is 0 Å². The summed E-state index contributed by atoms with van der Waals surface area (Å²) in [5.74, 6) is 1.28. The van der Waals surface area contributed by atoms with E-state index in [1.807, 2.05) is 23.4 Å². The van der Waals surface area contributed by atoms with Crippen LogP contribution in [0.2, 0.25) is 0 Å². The van der Waals surface area contributed by atoms with E-state index < -0.39 is 0 Å². The fourth-order valence-electron chi connectivity index (χ4n) is 2.27. The second-order valence-corrected chi connectivity index (χ2v) is 5.55. The van der Waals surface area contributed by atoms with Crippen molar-refractivity contribution in [2.45, 2.75) is 25.8 Å². The molecule has 0 saturated carbocycles. The average molecular weight is 296 g/mol. The lowest BCUT2D eigenvalue weighted by molar-refractivity contribution is 0.701. The molecular formula is C12H14ClN5S. The number of thiazole rings is 1. The van der Waals surface area contributed by atoms with Gasteiger partial charge in [0.05, 0.1) is 23.6 Å². The number of aromatic nitrogens is 5. The van der Waals surface area contributed by atoms with E-state index in [0.717, 1.165) is 35.6 Å². The van der Waals surface area contributed by atoms with Gasteiger partial charge in [-0.2, -0.15) is 5.10 Å². The summed E-state index contributed by atoms with van der Waals surface area (Å²) in [5, 5.41) is 4.51. The Balaban J connectivity index is 2.17. The third kappa shape index (κ3) is 2.04. The number of rotatable bonds is 4. The van der Waals surface area contributed by atoms with Gasteiger partial charge in [-0.1, -0.05) is 6.92 Å². The first-order valence-corrected chi connectivity index (χ1v) is 7.50. The third-order valence-corrected chi connectivity index (χ3v) is 4.13. The standard InChI is InChI=1S/C12H14ClN5S/c1-3-9-11-12(17(2)16-9)18(10(4-13)15-11)6-8-5-14-7-19-8/h5,7H,3-4,6H2,1-2H3. The molecule has 0 N–H and O–H groups in total. The Hall–Kier alpha value is -1.40. The topological polar surface area (TPSA) is 48.5 Å². The summed E-state index contributed by atoms with van der Waals surface area (Å²) in [4.78, 5) is 9.93. The van der Waals surface area contributed by atoms with Crippen LogP contribution in [0.15, 0.2) is 11.7 Å². The molecule has 7 heteroatoms. The van der Waals surface area contributed by atoms with Gasteiger partial charge in [-0.05, 0) is 6.42 Å². The van der Waals surface area contributed by atoms with Gasteiger partial charge in [0.2, 0.25) is 0 Å². The Morgan fingerprint density at radius 3 is 2.89 bits per heavy atom. The maximum atomic E-state index is 6.02. The van der Waals surface area contributed by atoms with E-state index in [4.69, 9.17) is 11.6 Å². The van der Waals surface area contributed by atoms with Crippen molar-refractivity contribution in [3.63, 3.8) is 0 Å². The predicted molar refractivity (Wildman–Crippen MR) is 76.7 cm³/mol. The Labute approximate surface area is 119 Å². The summed E-state index contributed by atoms with van der Waals surface area (Å²) in [6.45, 7) is 2.83. The molecule has 0 fully saturated rings. The summed E-state index contributed by atoms with van der Waals surface area (Å²) < 4.78 is 4.01. The lowest BCUT2D eigenvalue weighted by Crippen LogP contribution is -2.06. The molecule has 0 aliphatic carbocycles.